The van der Waals surface area contributed by atoms with E-state index >= 15 is 0 Å². The van der Waals surface area contributed by atoms with Crippen LogP contribution in [-0.4, -0.2) is 61.2 Å². The Morgan fingerprint density at radius 1 is 1.03 bits per heavy atom. The van der Waals surface area contributed by atoms with Gasteiger partial charge in [-0.2, -0.15) is 0 Å². The van der Waals surface area contributed by atoms with Crippen molar-refractivity contribution < 1.29 is 24.2 Å². The van der Waals surface area contributed by atoms with Gasteiger partial charge in [-0.1, -0.05) is 72.8 Å². The number of hydrogen-bond donors (Lipinski definition) is 2. The number of nitrogens with zero attached hydrogens (tertiary/aromatic N) is 1. The quantitative estimate of drug-likeness (QED) is 0.387. The largest absolute Gasteiger partial charge is 0.482 e. The summed E-state index contributed by atoms with van der Waals surface area (Å²) in [6.45, 7) is 3.52. The van der Waals surface area contributed by atoms with Gasteiger partial charge >= 0.3 is 5.97 Å². The minimum absolute atomic E-state index is 0.0237. The molecule has 1 aliphatic rings. The highest BCUT2D eigenvalue weighted by molar-refractivity contribution is 5.91. The molecule has 7 heteroatoms. The average Bonchev–Trinajstić information content (AvgIpc) is 3.38. The van der Waals surface area contributed by atoms with Crippen LogP contribution in [0.4, 0.5) is 0 Å². The second kappa shape index (κ2) is 12.1. The number of aliphatic carboxylic acids is 1. The van der Waals surface area contributed by atoms with Crippen LogP contribution in [0.2, 0.25) is 0 Å². The highest BCUT2D eigenvalue weighted by atomic mass is 16.5. The predicted octanol–water partition coefficient (Wildman–Crippen LogP) is 4.03. The van der Waals surface area contributed by atoms with Crippen molar-refractivity contribution >= 4 is 11.8 Å². The van der Waals surface area contributed by atoms with Gasteiger partial charge in [-0.05, 0) is 42.2 Å². The third kappa shape index (κ3) is 6.25. The normalized spacial score (nSPS) is 16.9. The van der Waals surface area contributed by atoms with Crippen molar-refractivity contribution in [3.63, 3.8) is 0 Å². The van der Waals surface area contributed by atoms with Crippen molar-refractivity contribution in [1.82, 2.24) is 10.2 Å². The predicted molar refractivity (Wildman–Crippen MR) is 142 cm³/mol. The van der Waals surface area contributed by atoms with Crippen LogP contribution in [-0.2, 0) is 19.9 Å². The molecule has 0 unspecified atom stereocenters. The Balaban J connectivity index is 1.78. The number of carbonyl (C=O) groups is 2. The van der Waals surface area contributed by atoms with E-state index in [2.05, 4.69) is 10.2 Å². The Morgan fingerprint density at radius 2 is 1.68 bits per heavy atom. The standard InChI is InChI=1S/C30H34N2O5/c1-22(33)30(24-11-5-3-6-12-24,25-13-7-4-8-14-25)31-28(20-32-17-16-27(19-32)36-2)23-10-9-15-26(18-23)37-21-29(34)35/h3-15,18,27-28,31H,16-17,19-21H2,1-2H3,(H,34,35)/t27-,28+/m0/s1. The second-order valence-electron chi connectivity index (χ2n) is 9.40. The molecule has 1 aliphatic heterocycles. The van der Waals surface area contributed by atoms with Crippen molar-refractivity contribution in [1.29, 1.82) is 0 Å². The number of nitrogens with one attached hydrogen (secondary N) is 1. The average molecular weight is 503 g/mol. The molecular formula is C30H34N2O5. The first-order valence-electron chi connectivity index (χ1n) is 12.5. The fourth-order valence-corrected chi connectivity index (χ4v) is 5.09. The van der Waals surface area contributed by atoms with Gasteiger partial charge < -0.3 is 14.6 Å². The van der Waals surface area contributed by atoms with E-state index in [1.807, 2.05) is 78.9 Å². The minimum Gasteiger partial charge on any atom is -0.482 e. The SMILES string of the molecule is CO[C@H]1CCN(C[C@@H](NC(C(C)=O)(c2ccccc2)c2ccccc2)c2cccc(OCC(=O)O)c2)C1. The molecule has 3 aromatic rings. The Hall–Kier alpha value is -3.52. The maximum absolute atomic E-state index is 13.6. The van der Waals surface area contributed by atoms with Crippen molar-refractivity contribution in [2.75, 3.05) is 33.4 Å². The summed E-state index contributed by atoms with van der Waals surface area (Å²) in [5.41, 5.74) is 1.52. The molecule has 1 saturated heterocycles. The molecule has 0 spiro atoms. The van der Waals surface area contributed by atoms with Gasteiger partial charge in [0.15, 0.2) is 12.4 Å². The molecule has 1 fully saturated rings. The molecule has 0 bridgehead atoms. The third-order valence-corrected chi connectivity index (χ3v) is 6.96. The Bertz CT molecular complexity index is 1150. The number of carboxylic acid groups (broad SMARTS) is 1. The maximum atomic E-state index is 13.6. The molecule has 194 valence electrons. The zero-order chi connectivity index (χ0) is 26.3. The number of carbonyl (C=O) groups excluding carboxylic acids is 1. The van der Waals surface area contributed by atoms with Gasteiger partial charge in [-0.25, -0.2) is 4.79 Å². The Morgan fingerprint density at radius 3 is 2.22 bits per heavy atom. The third-order valence-electron chi connectivity index (χ3n) is 6.96. The van der Waals surface area contributed by atoms with Gasteiger partial charge in [0.05, 0.1) is 6.10 Å². The molecule has 0 aromatic heterocycles. The lowest BCUT2D eigenvalue weighted by molar-refractivity contribution is -0.139. The van der Waals surface area contributed by atoms with Crippen LogP contribution in [0.5, 0.6) is 5.75 Å². The molecule has 2 N–H and O–H groups in total. The number of benzene rings is 3. The highest BCUT2D eigenvalue weighted by Gasteiger charge is 2.41. The number of likely N-dealkylation sites (tertiary alicyclic amines) is 1. The van der Waals surface area contributed by atoms with Gasteiger partial charge in [0.1, 0.15) is 11.3 Å². The van der Waals surface area contributed by atoms with Crippen LogP contribution in [0, 0.1) is 0 Å². The number of Topliss-reactive ketones (excluding diaryl/α,β-unsaturated/α-hetero) is 1. The number of ketones is 1. The molecule has 0 aliphatic carbocycles. The van der Waals surface area contributed by atoms with E-state index < -0.39 is 18.1 Å². The van der Waals surface area contributed by atoms with E-state index in [0.717, 1.165) is 36.2 Å². The van der Waals surface area contributed by atoms with Gasteiger partial charge in [0.25, 0.3) is 0 Å². The first-order chi connectivity index (χ1) is 17.9. The maximum Gasteiger partial charge on any atom is 0.341 e. The van der Waals surface area contributed by atoms with Crippen LogP contribution in [0.3, 0.4) is 0 Å². The minimum atomic E-state index is -1.09. The lowest BCUT2D eigenvalue weighted by Gasteiger charge is -2.39. The molecule has 7 nitrogen and oxygen atoms in total. The number of carboxylic acids is 1. The van der Waals surface area contributed by atoms with E-state index in [0.29, 0.717) is 12.3 Å². The second-order valence-corrected chi connectivity index (χ2v) is 9.40. The molecule has 0 radical (unpaired) electrons. The zero-order valence-electron chi connectivity index (χ0n) is 21.3. The number of methoxy groups -OCH3 is 1. The summed E-state index contributed by atoms with van der Waals surface area (Å²) in [6.07, 6.45) is 1.12. The van der Waals surface area contributed by atoms with E-state index in [-0.39, 0.29) is 17.9 Å². The molecule has 2 atom stereocenters. The van der Waals surface area contributed by atoms with Crippen LogP contribution in [0.1, 0.15) is 36.1 Å². The summed E-state index contributed by atoms with van der Waals surface area (Å²) in [5, 5.41) is 12.8. The molecular weight excluding hydrogens is 468 g/mol. The first kappa shape index (κ1) is 26.5. The summed E-state index contributed by atoms with van der Waals surface area (Å²) in [7, 11) is 1.73. The zero-order valence-corrected chi connectivity index (χ0v) is 21.3. The molecule has 0 amide bonds. The first-order valence-corrected chi connectivity index (χ1v) is 12.5. The van der Waals surface area contributed by atoms with Crippen molar-refractivity contribution in [2.24, 2.45) is 0 Å². The van der Waals surface area contributed by atoms with Gasteiger partial charge in [-0.15, -0.1) is 0 Å². The van der Waals surface area contributed by atoms with Crippen LogP contribution >= 0.6 is 0 Å². The fourth-order valence-electron chi connectivity index (χ4n) is 5.09. The van der Waals surface area contributed by atoms with E-state index in [4.69, 9.17) is 14.6 Å². The van der Waals surface area contributed by atoms with Crippen molar-refractivity contribution in [3.05, 3.63) is 102 Å². The summed E-state index contributed by atoms with van der Waals surface area (Å²) in [5.74, 6) is -0.591. The van der Waals surface area contributed by atoms with E-state index in [1.165, 1.54) is 0 Å². The van der Waals surface area contributed by atoms with Crippen molar-refractivity contribution in [2.45, 2.75) is 31.0 Å². The summed E-state index contributed by atoms with van der Waals surface area (Å²) in [6, 6.07) is 26.7. The van der Waals surface area contributed by atoms with E-state index in [1.54, 1.807) is 20.1 Å². The summed E-state index contributed by atoms with van der Waals surface area (Å²) < 4.78 is 11.1. The Labute approximate surface area is 218 Å². The van der Waals surface area contributed by atoms with Crippen LogP contribution < -0.4 is 10.1 Å². The number of hydrogen-bond acceptors (Lipinski definition) is 6. The molecule has 3 aromatic carbocycles. The summed E-state index contributed by atoms with van der Waals surface area (Å²) in [4.78, 5) is 27.0. The van der Waals surface area contributed by atoms with Crippen LogP contribution in [0.25, 0.3) is 0 Å². The number of ether oxygens (including phenoxy) is 2. The molecule has 0 saturated carbocycles. The molecule has 1 heterocycles. The lowest BCUT2D eigenvalue weighted by atomic mass is 9.78. The molecule has 37 heavy (non-hydrogen) atoms. The smallest absolute Gasteiger partial charge is 0.341 e. The Kier molecular flexibility index (Phi) is 8.71. The van der Waals surface area contributed by atoms with Gasteiger partial charge in [0.2, 0.25) is 0 Å². The number of rotatable bonds is 12. The van der Waals surface area contributed by atoms with Crippen molar-refractivity contribution in [3.8, 4) is 5.75 Å². The lowest BCUT2D eigenvalue weighted by Crippen LogP contribution is -2.52. The highest BCUT2D eigenvalue weighted by Crippen LogP contribution is 2.35. The monoisotopic (exact) mass is 502 g/mol. The van der Waals surface area contributed by atoms with Crippen LogP contribution in [0.15, 0.2) is 84.9 Å². The van der Waals surface area contributed by atoms with Gasteiger partial charge in [0, 0.05) is 32.8 Å². The summed E-state index contributed by atoms with van der Waals surface area (Å²) >= 11 is 0. The topological polar surface area (TPSA) is 88.1 Å². The molecule has 4 rings (SSSR count). The van der Waals surface area contributed by atoms with E-state index in [9.17, 15) is 9.59 Å². The fraction of sp³-hybridized carbons (Fsp3) is 0.333. The van der Waals surface area contributed by atoms with Gasteiger partial charge in [-0.3, -0.25) is 15.0 Å².